The second kappa shape index (κ2) is 9.53. The standard InChI is InChI=1S/C22H20N8O2/c1-15(13-30-14-26-28-29-30)32-21-9-16(7-8-17(21)10-23)18-11-24-22(25-12-18)27-19-5-3-4-6-20(19)31-2/h3-9,11-12,14-15H,13H2,1-2H3,(H,24,25,27). The molecule has 0 spiro atoms. The number of nitriles is 1. The van der Waals surface area contributed by atoms with Crippen molar-refractivity contribution in [2.75, 3.05) is 12.4 Å². The molecule has 1 unspecified atom stereocenters. The fourth-order valence-electron chi connectivity index (χ4n) is 3.08. The van der Waals surface area contributed by atoms with Crippen LogP contribution in [0.2, 0.25) is 0 Å². The van der Waals surface area contributed by atoms with Crippen LogP contribution in [0.15, 0.2) is 61.2 Å². The number of tetrazole rings is 1. The quantitative estimate of drug-likeness (QED) is 0.450. The summed E-state index contributed by atoms with van der Waals surface area (Å²) in [5.41, 5.74) is 2.83. The molecule has 2 aromatic heterocycles. The van der Waals surface area contributed by atoms with Crippen LogP contribution in [0.1, 0.15) is 12.5 Å². The summed E-state index contributed by atoms with van der Waals surface area (Å²) in [7, 11) is 1.61. The molecule has 0 aliphatic heterocycles. The van der Waals surface area contributed by atoms with Crippen molar-refractivity contribution in [3.05, 3.63) is 66.7 Å². The van der Waals surface area contributed by atoms with E-state index >= 15 is 0 Å². The third kappa shape index (κ3) is 4.79. The van der Waals surface area contributed by atoms with Crippen molar-refractivity contribution in [1.29, 1.82) is 5.26 Å². The summed E-state index contributed by atoms with van der Waals surface area (Å²) in [6, 6.07) is 15.1. The lowest BCUT2D eigenvalue weighted by Gasteiger charge is -2.16. The second-order valence-electron chi connectivity index (χ2n) is 6.90. The van der Waals surface area contributed by atoms with Crippen molar-refractivity contribution in [3.63, 3.8) is 0 Å². The number of methoxy groups -OCH3 is 1. The van der Waals surface area contributed by atoms with E-state index in [-0.39, 0.29) is 6.10 Å². The van der Waals surface area contributed by atoms with Gasteiger partial charge in [-0.3, -0.25) is 0 Å². The molecule has 0 saturated carbocycles. The summed E-state index contributed by atoms with van der Waals surface area (Å²) in [6.07, 6.45) is 4.69. The van der Waals surface area contributed by atoms with Crippen LogP contribution in [0.5, 0.6) is 11.5 Å². The van der Waals surface area contributed by atoms with E-state index in [0.29, 0.717) is 29.6 Å². The number of hydrogen-bond donors (Lipinski definition) is 1. The van der Waals surface area contributed by atoms with Crippen LogP contribution in [-0.2, 0) is 6.54 Å². The number of benzene rings is 2. The summed E-state index contributed by atoms with van der Waals surface area (Å²) in [5, 5.41) is 23.7. The summed E-state index contributed by atoms with van der Waals surface area (Å²) >= 11 is 0. The van der Waals surface area contributed by atoms with Gasteiger partial charge < -0.3 is 14.8 Å². The Balaban J connectivity index is 1.52. The molecule has 0 fully saturated rings. The van der Waals surface area contributed by atoms with Gasteiger partial charge in [0.2, 0.25) is 5.95 Å². The highest BCUT2D eigenvalue weighted by Crippen LogP contribution is 2.29. The smallest absolute Gasteiger partial charge is 0.227 e. The first-order valence-corrected chi connectivity index (χ1v) is 9.80. The zero-order chi connectivity index (χ0) is 22.3. The molecule has 0 saturated heterocycles. The Bertz CT molecular complexity index is 1220. The van der Waals surface area contributed by atoms with Crippen LogP contribution >= 0.6 is 0 Å². The van der Waals surface area contributed by atoms with Gasteiger partial charge in [-0.2, -0.15) is 5.26 Å². The summed E-state index contributed by atoms with van der Waals surface area (Å²) in [6.45, 7) is 2.34. The Labute approximate surface area is 184 Å². The third-order valence-corrected chi connectivity index (χ3v) is 4.60. The number of hydrogen-bond acceptors (Lipinski definition) is 9. The summed E-state index contributed by atoms with van der Waals surface area (Å²) in [4.78, 5) is 8.80. The van der Waals surface area contributed by atoms with Crippen LogP contribution in [0.3, 0.4) is 0 Å². The summed E-state index contributed by atoms with van der Waals surface area (Å²) < 4.78 is 12.9. The molecule has 1 atom stereocenters. The molecule has 2 heterocycles. The lowest BCUT2D eigenvalue weighted by Crippen LogP contribution is -2.20. The SMILES string of the molecule is COc1ccccc1Nc1ncc(-c2ccc(C#N)c(OC(C)Cn3cnnn3)c2)cn1. The van der Waals surface area contributed by atoms with E-state index in [1.54, 1.807) is 36.3 Å². The largest absolute Gasteiger partial charge is 0.495 e. The number of rotatable bonds is 8. The van der Waals surface area contributed by atoms with Gasteiger partial charge in [0, 0.05) is 18.0 Å². The molecule has 2 aromatic carbocycles. The van der Waals surface area contributed by atoms with Crippen molar-refractivity contribution in [3.8, 4) is 28.7 Å². The highest BCUT2D eigenvalue weighted by atomic mass is 16.5. The van der Waals surface area contributed by atoms with Gasteiger partial charge in [0.15, 0.2) is 0 Å². The Morgan fingerprint density at radius 3 is 2.62 bits per heavy atom. The third-order valence-electron chi connectivity index (χ3n) is 4.60. The average Bonchev–Trinajstić information content (AvgIpc) is 3.33. The van der Waals surface area contributed by atoms with E-state index in [0.717, 1.165) is 16.8 Å². The van der Waals surface area contributed by atoms with Crippen LogP contribution in [0.4, 0.5) is 11.6 Å². The molecule has 10 nitrogen and oxygen atoms in total. The predicted octanol–water partition coefficient (Wildman–Crippen LogP) is 3.22. The zero-order valence-electron chi connectivity index (χ0n) is 17.5. The fourth-order valence-corrected chi connectivity index (χ4v) is 3.08. The fraction of sp³-hybridized carbons (Fsp3) is 0.182. The van der Waals surface area contributed by atoms with Crippen molar-refractivity contribution < 1.29 is 9.47 Å². The van der Waals surface area contributed by atoms with Gasteiger partial charge in [-0.1, -0.05) is 18.2 Å². The molecule has 0 radical (unpaired) electrons. The van der Waals surface area contributed by atoms with Crippen molar-refractivity contribution in [1.82, 2.24) is 30.2 Å². The van der Waals surface area contributed by atoms with Gasteiger partial charge in [-0.25, -0.2) is 14.6 Å². The number of para-hydroxylation sites is 2. The minimum absolute atomic E-state index is 0.246. The first kappa shape index (κ1) is 20.7. The maximum absolute atomic E-state index is 9.46. The van der Waals surface area contributed by atoms with Gasteiger partial charge in [-0.05, 0) is 47.2 Å². The van der Waals surface area contributed by atoms with E-state index in [1.807, 2.05) is 37.3 Å². The van der Waals surface area contributed by atoms with E-state index in [1.165, 1.54) is 6.33 Å². The van der Waals surface area contributed by atoms with Crippen LogP contribution in [-0.4, -0.2) is 43.4 Å². The number of nitrogens with zero attached hydrogens (tertiary/aromatic N) is 7. The Hall–Kier alpha value is -4.52. The van der Waals surface area contributed by atoms with Crippen LogP contribution in [0, 0.1) is 11.3 Å². The zero-order valence-corrected chi connectivity index (χ0v) is 17.5. The molecular weight excluding hydrogens is 408 g/mol. The molecule has 4 aromatic rings. The van der Waals surface area contributed by atoms with Crippen molar-refractivity contribution in [2.45, 2.75) is 19.6 Å². The predicted molar refractivity (Wildman–Crippen MR) is 116 cm³/mol. The molecule has 1 N–H and O–H groups in total. The molecule has 0 amide bonds. The molecule has 160 valence electrons. The first-order valence-electron chi connectivity index (χ1n) is 9.80. The molecule has 0 aliphatic carbocycles. The average molecular weight is 428 g/mol. The molecule has 0 bridgehead atoms. The Morgan fingerprint density at radius 2 is 1.91 bits per heavy atom. The number of nitrogens with one attached hydrogen (secondary N) is 1. The van der Waals surface area contributed by atoms with Gasteiger partial charge >= 0.3 is 0 Å². The van der Waals surface area contributed by atoms with Gasteiger partial charge in [0.25, 0.3) is 0 Å². The molecule has 10 heteroatoms. The lowest BCUT2D eigenvalue weighted by atomic mass is 10.1. The van der Waals surface area contributed by atoms with Crippen LogP contribution in [0.25, 0.3) is 11.1 Å². The Kier molecular flexibility index (Phi) is 6.17. The number of ether oxygens (including phenoxy) is 2. The molecule has 4 rings (SSSR count). The second-order valence-corrected chi connectivity index (χ2v) is 6.90. The van der Waals surface area contributed by atoms with E-state index in [9.17, 15) is 5.26 Å². The summed E-state index contributed by atoms with van der Waals surface area (Å²) in [5.74, 6) is 1.62. The first-order chi connectivity index (χ1) is 15.7. The molecular formula is C22H20N8O2. The monoisotopic (exact) mass is 428 g/mol. The van der Waals surface area contributed by atoms with E-state index < -0.39 is 0 Å². The maximum atomic E-state index is 9.46. The molecule has 32 heavy (non-hydrogen) atoms. The highest BCUT2D eigenvalue weighted by molar-refractivity contribution is 5.67. The van der Waals surface area contributed by atoms with Crippen LogP contribution < -0.4 is 14.8 Å². The minimum Gasteiger partial charge on any atom is -0.495 e. The highest BCUT2D eigenvalue weighted by Gasteiger charge is 2.12. The number of aromatic nitrogens is 6. The molecule has 0 aliphatic rings. The van der Waals surface area contributed by atoms with Crippen molar-refractivity contribution in [2.24, 2.45) is 0 Å². The normalized spacial score (nSPS) is 11.4. The van der Waals surface area contributed by atoms with E-state index in [4.69, 9.17) is 9.47 Å². The van der Waals surface area contributed by atoms with Gasteiger partial charge in [-0.15, -0.1) is 5.10 Å². The number of anilines is 2. The van der Waals surface area contributed by atoms with Gasteiger partial charge in [0.1, 0.15) is 30.0 Å². The van der Waals surface area contributed by atoms with Crippen molar-refractivity contribution >= 4 is 11.6 Å². The maximum Gasteiger partial charge on any atom is 0.227 e. The Morgan fingerprint density at radius 1 is 1.09 bits per heavy atom. The minimum atomic E-state index is -0.246. The topological polar surface area (TPSA) is 124 Å². The lowest BCUT2D eigenvalue weighted by molar-refractivity contribution is 0.192. The van der Waals surface area contributed by atoms with E-state index in [2.05, 4.69) is 36.9 Å². The van der Waals surface area contributed by atoms with Gasteiger partial charge in [0.05, 0.1) is 24.9 Å².